The second-order valence-corrected chi connectivity index (χ2v) is 8.89. The summed E-state index contributed by atoms with van der Waals surface area (Å²) in [4.78, 5) is 27.6. The van der Waals surface area contributed by atoms with E-state index < -0.39 is 0 Å². The Morgan fingerprint density at radius 2 is 1.78 bits per heavy atom. The van der Waals surface area contributed by atoms with Gasteiger partial charge >= 0.3 is 0 Å². The summed E-state index contributed by atoms with van der Waals surface area (Å²) in [6.07, 6.45) is 3.49. The topological polar surface area (TPSA) is 55.5 Å². The van der Waals surface area contributed by atoms with Gasteiger partial charge in [0.15, 0.2) is 0 Å². The first kappa shape index (κ1) is 20.4. The molecule has 0 aliphatic carbocycles. The third-order valence-corrected chi connectivity index (χ3v) is 6.78. The lowest BCUT2D eigenvalue weighted by molar-refractivity contribution is -0.123. The van der Waals surface area contributed by atoms with E-state index in [9.17, 15) is 9.59 Å². The Bertz CT molecular complexity index is 1360. The van der Waals surface area contributed by atoms with Crippen LogP contribution in [-0.4, -0.2) is 20.6 Å². The molecule has 32 heavy (non-hydrogen) atoms. The van der Waals surface area contributed by atoms with Gasteiger partial charge in [-0.25, -0.2) is 0 Å². The van der Waals surface area contributed by atoms with Gasteiger partial charge in [-0.05, 0) is 71.8 Å². The van der Waals surface area contributed by atoms with Crippen LogP contribution < -0.4 is 0 Å². The Kier molecular flexibility index (Phi) is 5.23. The highest BCUT2D eigenvalue weighted by molar-refractivity contribution is 8.18. The van der Waals surface area contributed by atoms with Crippen LogP contribution in [0.4, 0.5) is 4.79 Å². The molecule has 0 N–H and O–H groups in total. The van der Waals surface area contributed by atoms with Crippen LogP contribution in [0.15, 0.2) is 76.2 Å². The maximum absolute atomic E-state index is 13.1. The first-order valence-electron chi connectivity index (χ1n) is 10.4. The number of fused-ring (bicyclic) bond motifs is 1. The fraction of sp³-hybridized carbons (Fsp3) is 0.154. The number of aryl methyl sites for hydroxylation is 1. The largest absolute Gasteiger partial charge is 0.467 e. The number of benzene rings is 2. The first-order valence-corrected chi connectivity index (χ1v) is 11.2. The van der Waals surface area contributed by atoms with Crippen LogP contribution in [0.1, 0.15) is 28.3 Å². The van der Waals surface area contributed by atoms with E-state index in [4.69, 9.17) is 4.42 Å². The molecule has 0 saturated carbocycles. The van der Waals surface area contributed by atoms with Crippen molar-refractivity contribution in [2.24, 2.45) is 0 Å². The van der Waals surface area contributed by atoms with Crippen LogP contribution in [0.5, 0.6) is 0 Å². The Hall–Kier alpha value is -3.51. The molecule has 4 aromatic rings. The maximum Gasteiger partial charge on any atom is 0.293 e. The molecule has 1 saturated heterocycles. The summed E-state index contributed by atoms with van der Waals surface area (Å²) >= 11 is 1.00. The maximum atomic E-state index is 13.1. The molecule has 0 unspecified atom stereocenters. The van der Waals surface area contributed by atoms with Crippen molar-refractivity contribution in [1.29, 1.82) is 0 Å². The summed E-state index contributed by atoms with van der Waals surface area (Å²) in [6, 6.07) is 19.8. The minimum atomic E-state index is -0.247. The number of furan rings is 1. The molecule has 2 amide bonds. The quantitative estimate of drug-likeness (QED) is 0.349. The van der Waals surface area contributed by atoms with Crippen molar-refractivity contribution >= 4 is 39.8 Å². The third kappa shape index (κ3) is 3.67. The standard InChI is InChI=1S/C26H22N2O3S/c1-17-13-21(18(2)27(17)16-22-10-6-12-31-22)14-24-25(29)28(26(30)32-24)15-20-9-5-8-19-7-3-4-11-23(19)20/h3-14H,15-16H2,1-2H3/b24-14-. The molecule has 1 aliphatic rings. The van der Waals surface area contributed by atoms with E-state index in [0.717, 1.165) is 50.8 Å². The average Bonchev–Trinajstić information content (AvgIpc) is 3.47. The van der Waals surface area contributed by atoms with Crippen LogP contribution in [0.25, 0.3) is 16.8 Å². The van der Waals surface area contributed by atoms with Crippen molar-refractivity contribution in [3.05, 3.63) is 100 Å². The normalized spacial score (nSPS) is 15.4. The molecule has 0 atom stereocenters. The number of aromatic nitrogens is 1. The molecule has 2 aromatic carbocycles. The monoisotopic (exact) mass is 442 g/mol. The third-order valence-electron chi connectivity index (χ3n) is 5.88. The molecule has 0 radical (unpaired) electrons. The summed E-state index contributed by atoms with van der Waals surface area (Å²) in [6.45, 7) is 4.93. The zero-order valence-corrected chi connectivity index (χ0v) is 18.7. The molecule has 5 nitrogen and oxygen atoms in total. The second kappa shape index (κ2) is 8.20. The highest BCUT2D eigenvalue weighted by Crippen LogP contribution is 2.35. The summed E-state index contributed by atoms with van der Waals surface area (Å²) in [5.41, 5.74) is 3.99. The minimum Gasteiger partial charge on any atom is -0.467 e. The van der Waals surface area contributed by atoms with Crippen LogP contribution in [0.3, 0.4) is 0 Å². The van der Waals surface area contributed by atoms with Gasteiger partial charge in [0.05, 0.1) is 24.3 Å². The van der Waals surface area contributed by atoms with Gasteiger partial charge in [-0.2, -0.15) is 0 Å². The number of hydrogen-bond donors (Lipinski definition) is 0. The number of thioether (sulfide) groups is 1. The molecular formula is C26H22N2O3S. The number of rotatable bonds is 5. The zero-order valence-electron chi connectivity index (χ0n) is 17.9. The van der Waals surface area contributed by atoms with Crippen molar-refractivity contribution in [1.82, 2.24) is 9.47 Å². The number of carbonyl (C=O) groups excluding carboxylic acids is 2. The summed E-state index contributed by atoms with van der Waals surface area (Å²) in [5, 5.41) is 1.91. The second-order valence-electron chi connectivity index (χ2n) is 7.90. The van der Waals surface area contributed by atoms with Gasteiger partial charge in [-0.3, -0.25) is 14.5 Å². The molecule has 2 aromatic heterocycles. The molecule has 160 valence electrons. The van der Waals surface area contributed by atoms with E-state index in [2.05, 4.69) is 4.57 Å². The first-order chi connectivity index (χ1) is 15.5. The van der Waals surface area contributed by atoms with Crippen LogP contribution in [0.2, 0.25) is 0 Å². The minimum absolute atomic E-state index is 0.237. The van der Waals surface area contributed by atoms with Crippen molar-refractivity contribution in [3.63, 3.8) is 0 Å². The van der Waals surface area contributed by atoms with E-state index in [-0.39, 0.29) is 17.7 Å². The molecule has 0 bridgehead atoms. The van der Waals surface area contributed by atoms with Crippen LogP contribution in [-0.2, 0) is 17.9 Å². The number of carbonyl (C=O) groups is 2. The Labute approximate surface area is 190 Å². The highest BCUT2D eigenvalue weighted by atomic mass is 32.2. The van der Waals surface area contributed by atoms with E-state index >= 15 is 0 Å². The predicted molar refractivity (Wildman–Crippen MR) is 127 cm³/mol. The average molecular weight is 443 g/mol. The zero-order chi connectivity index (χ0) is 22.2. The summed E-state index contributed by atoms with van der Waals surface area (Å²) in [5.74, 6) is 0.623. The van der Waals surface area contributed by atoms with Gasteiger partial charge in [0.2, 0.25) is 0 Å². The molecule has 0 spiro atoms. The number of amides is 2. The molecule has 5 rings (SSSR count). The lowest BCUT2D eigenvalue weighted by atomic mass is 10.0. The van der Waals surface area contributed by atoms with Crippen molar-refractivity contribution in [2.75, 3.05) is 0 Å². The SMILES string of the molecule is Cc1cc(/C=C2\SC(=O)N(Cc3cccc4ccccc34)C2=O)c(C)n1Cc1ccco1. The molecule has 6 heteroatoms. The van der Waals surface area contributed by atoms with Gasteiger partial charge in [-0.1, -0.05) is 42.5 Å². The number of nitrogens with zero attached hydrogens (tertiary/aromatic N) is 2. The molecule has 1 fully saturated rings. The van der Waals surface area contributed by atoms with Gasteiger partial charge in [0.25, 0.3) is 11.1 Å². The van der Waals surface area contributed by atoms with E-state index in [1.807, 2.05) is 80.6 Å². The van der Waals surface area contributed by atoms with Gasteiger partial charge < -0.3 is 8.98 Å². The molecular weight excluding hydrogens is 420 g/mol. The Morgan fingerprint density at radius 1 is 0.969 bits per heavy atom. The number of imide groups is 1. The predicted octanol–water partition coefficient (Wildman–Crippen LogP) is 6.14. The molecule has 1 aliphatic heterocycles. The fourth-order valence-electron chi connectivity index (χ4n) is 4.15. The van der Waals surface area contributed by atoms with Crippen molar-refractivity contribution in [3.8, 4) is 0 Å². The fourth-order valence-corrected chi connectivity index (χ4v) is 4.98. The van der Waals surface area contributed by atoms with Crippen LogP contribution >= 0.6 is 11.8 Å². The van der Waals surface area contributed by atoms with Crippen molar-refractivity contribution < 1.29 is 14.0 Å². The van der Waals surface area contributed by atoms with E-state index in [1.54, 1.807) is 6.26 Å². The smallest absolute Gasteiger partial charge is 0.293 e. The Morgan fingerprint density at radius 3 is 2.59 bits per heavy atom. The van der Waals surface area contributed by atoms with E-state index in [1.165, 1.54) is 4.90 Å². The van der Waals surface area contributed by atoms with Gasteiger partial charge in [0.1, 0.15) is 5.76 Å². The Balaban J connectivity index is 1.41. The van der Waals surface area contributed by atoms with E-state index in [0.29, 0.717) is 11.4 Å². The highest BCUT2D eigenvalue weighted by Gasteiger charge is 2.35. The van der Waals surface area contributed by atoms with Gasteiger partial charge in [-0.15, -0.1) is 0 Å². The van der Waals surface area contributed by atoms with Crippen LogP contribution in [0, 0.1) is 13.8 Å². The molecule has 3 heterocycles. The summed E-state index contributed by atoms with van der Waals surface area (Å²) < 4.78 is 7.62. The lowest BCUT2D eigenvalue weighted by Gasteiger charge is -2.14. The lowest BCUT2D eigenvalue weighted by Crippen LogP contribution is -2.27. The van der Waals surface area contributed by atoms with Crippen molar-refractivity contribution in [2.45, 2.75) is 26.9 Å². The number of hydrogen-bond acceptors (Lipinski definition) is 4. The van der Waals surface area contributed by atoms with Gasteiger partial charge in [0, 0.05) is 11.4 Å². The summed E-state index contributed by atoms with van der Waals surface area (Å²) in [7, 11) is 0.